The third kappa shape index (κ3) is 2.93. The molecule has 4 N–H and O–H groups in total. The van der Waals surface area contributed by atoms with Gasteiger partial charge in [0, 0.05) is 13.1 Å². The number of nitrogens with zero attached hydrogens (tertiary/aromatic N) is 1. The number of rotatable bonds is 5. The molecule has 1 aromatic rings. The summed E-state index contributed by atoms with van der Waals surface area (Å²) in [6, 6.07) is 5.57. The van der Waals surface area contributed by atoms with E-state index in [1.807, 2.05) is 6.92 Å². The normalized spacial score (nSPS) is 12.2. The molecule has 0 saturated heterocycles. The number of para-hydroxylation sites is 1. The van der Waals surface area contributed by atoms with Gasteiger partial charge in [0.05, 0.1) is 5.69 Å². The average Bonchev–Trinajstić information content (AvgIpc) is 2.26. The molecule has 16 heavy (non-hydrogen) atoms. The minimum Gasteiger partial charge on any atom is -0.368 e. The van der Waals surface area contributed by atoms with Gasteiger partial charge in [0.2, 0.25) is 5.91 Å². The van der Waals surface area contributed by atoms with Gasteiger partial charge >= 0.3 is 0 Å². The van der Waals surface area contributed by atoms with Crippen molar-refractivity contribution in [3.8, 4) is 0 Å². The first-order valence-corrected chi connectivity index (χ1v) is 5.10. The van der Waals surface area contributed by atoms with Crippen LogP contribution in [0.3, 0.4) is 0 Å². The smallest absolute Gasteiger partial charge is 0.236 e. The predicted octanol–water partition coefficient (Wildman–Crippen LogP) is 0.465. The lowest BCUT2D eigenvalue weighted by molar-refractivity contribution is -0.119. The fraction of sp³-hybridized carbons (Fsp3) is 0.364. The van der Waals surface area contributed by atoms with E-state index in [2.05, 4.69) is 0 Å². The average molecular weight is 225 g/mol. The van der Waals surface area contributed by atoms with Crippen molar-refractivity contribution in [2.75, 3.05) is 18.0 Å². The summed E-state index contributed by atoms with van der Waals surface area (Å²) >= 11 is 0. The highest BCUT2D eigenvalue weighted by Gasteiger charge is 2.16. The van der Waals surface area contributed by atoms with Crippen molar-refractivity contribution in [2.45, 2.75) is 13.0 Å². The molecule has 0 heterocycles. The SMILES string of the molecule is CCN(CC(N)C(N)=O)c1ccccc1F. The molecular weight excluding hydrogens is 209 g/mol. The van der Waals surface area contributed by atoms with Gasteiger partial charge in [-0.2, -0.15) is 0 Å². The summed E-state index contributed by atoms with van der Waals surface area (Å²) in [5, 5.41) is 0. The van der Waals surface area contributed by atoms with Gasteiger partial charge in [-0.3, -0.25) is 4.79 Å². The van der Waals surface area contributed by atoms with Crippen LogP contribution in [0.2, 0.25) is 0 Å². The summed E-state index contributed by atoms with van der Waals surface area (Å²) in [4.78, 5) is 12.5. The maximum Gasteiger partial charge on any atom is 0.236 e. The van der Waals surface area contributed by atoms with Crippen LogP contribution < -0.4 is 16.4 Å². The Labute approximate surface area is 94.0 Å². The van der Waals surface area contributed by atoms with Crippen molar-refractivity contribution in [2.24, 2.45) is 11.5 Å². The highest BCUT2D eigenvalue weighted by atomic mass is 19.1. The third-order valence-electron chi connectivity index (χ3n) is 2.36. The van der Waals surface area contributed by atoms with Gasteiger partial charge in [-0.05, 0) is 19.1 Å². The molecule has 0 bridgehead atoms. The van der Waals surface area contributed by atoms with E-state index in [0.29, 0.717) is 12.2 Å². The zero-order valence-corrected chi connectivity index (χ0v) is 9.19. The van der Waals surface area contributed by atoms with Gasteiger partial charge in [0.15, 0.2) is 0 Å². The minimum atomic E-state index is -0.792. The van der Waals surface area contributed by atoms with Crippen molar-refractivity contribution in [3.63, 3.8) is 0 Å². The van der Waals surface area contributed by atoms with Crippen molar-refractivity contribution in [3.05, 3.63) is 30.1 Å². The Morgan fingerprint density at radius 3 is 2.62 bits per heavy atom. The second kappa shape index (κ2) is 5.46. The summed E-state index contributed by atoms with van der Waals surface area (Å²) in [5.41, 5.74) is 11.0. The van der Waals surface area contributed by atoms with Crippen LogP contribution in [0.1, 0.15) is 6.92 Å². The van der Waals surface area contributed by atoms with Crippen LogP contribution in [-0.2, 0) is 4.79 Å². The second-order valence-corrected chi connectivity index (χ2v) is 3.50. The Morgan fingerprint density at radius 1 is 1.50 bits per heavy atom. The van der Waals surface area contributed by atoms with Crippen molar-refractivity contribution >= 4 is 11.6 Å². The van der Waals surface area contributed by atoms with Gasteiger partial charge < -0.3 is 16.4 Å². The van der Waals surface area contributed by atoms with Crippen LogP contribution in [0.4, 0.5) is 10.1 Å². The molecule has 0 radical (unpaired) electrons. The molecule has 1 unspecified atom stereocenters. The molecule has 0 aliphatic rings. The standard InChI is InChI=1S/C11H16FN3O/c1-2-15(7-9(13)11(14)16)10-6-4-3-5-8(10)12/h3-6,9H,2,7,13H2,1H3,(H2,14,16). The predicted molar refractivity (Wildman–Crippen MR) is 61.5 cm³/mol. The summed E-state index contributed by atoms with van der Waals surface area (Å²) in [6.07, 6.45) is 0. The first kappa shape index (κ1) is 12.4. The molecule has 1 amide bonds. The number of likely N-dealkylation sites (N-methyl/N-ethyl adjacent to an activating group) is 1. The summed E-state index contributed by atoms with van der Waals surface area (Å²) < 4.78 is 13.5. The van der Waals surface area contributed by atoms with E-state index in [1.165, 1.54) is 6.07 Å². The van der Waals surface area contributed by atoms with Crippen LogP contribution in [0, 0.1) is 5.82 Å². The number of benzene rings is 1. The summed E-state index contributed by atoms with van der Waals surface area (Å²) in [6.45, 7) is 2.63. The summed E-state index contributed by atoms with van der Waals surface area (Å²) in [5.74, 6) is -0.921. The molecule has 1 aromatic carbocycles. The molecule has 88 valence electrons. The number of anilines is 1. The monoisotopic (exact) mass is 225 g/mol. The van der Waals surface area contributed by atoms with Gasteiger partial charge in [-0.15, -0.1) is 0 Å². The van der Waals surface area contributed by atoms with Crippen LogP contribution >= 0.6 is 0 Å². The van der Waals surface area contributed by atoms with Crippen LogP contribution in [0.5, 0.6) is 0 Å². The molecule has 0 spiro atoms. The number of amides is 1. The lowest BCUT2D eigenvalue weighted by Crippen LogP contribution is -2.46. The Hall–Kier alpha value is -1.62. The van der Waals surface area contributed by atoms with Gasteiger partial charge in [-0.25, -0.2) is 4.39 Å². The molecule has 0 fully saturated rings. The van der Waals surface area contributed by atoms with Crippen molar-refractivity contribution < 1.29 is 9.18 Å². The maximum atomic E-state index is 13.5. The summed E-state index contributed by atoms with van der Waals surface area (Å²) in [7, 11) is 0. The van der Waals surface area contributed by atoms with E-state index < -0.39 is 11.9 Å². The molecule has 5 heteroatoms. The van der Waals surface area contributed by atoms with Crippen molar-refractivity contribution in [1.82, 2.24) is 0 Å². The Kier molecular flexibility index (Phi) is 4.25. The maximum absolute atomic E-state index is 13.5. The third-order valence-corrected chi connectivity index (χ3v) is 2.36. The largest absolute Gasteiger partial charge is 0.368 e. The molecule has 4 nitrogen and oxygen atoms in total. The Morgan fingerprint density at radius 2 is 2.12 bits per heavy atom. The molecule has 1 rings (SSSR count). The number of nitrogens with two attached hydrogens (primary N) is 2. The number of carbonyl (C=O) groups is 1. The van der Waals surface area contributed by atoms with E-state index >= 15 is 0 Å². The highest BCUT2D eigenvalue weighted by Crippen LogP contribution is 2.18. The molecule has 0 aromatic heterocycles. The van der Waals surface area contributed by atoms with Gasteiger partial charge in [0.25, 0.3) is 0 Å². The fourth-order valence-electron chi connectivity index (χ4n) is 1.43. The molecule has 0 aliphatic carbocycles. The Balaban J connectivity index is 2.83. The van der Waals surface area contributed by atoms with Crippen LogP contribution in [-0.4, -0.2) is 25.0 Å². The van der Waals surface area contributed by atoms with E-state index in [0.717, 1.165) is 0 Å². The van der Waals surface area contributed by atoms with Gasteiger partial charge in [0.1, 0.15) is 11.9 Å². The first-order valence-electron chi connectivity index (χ1n) is 5.10. The fourth-order valence-corrected chi connectivity index (χ4v) is 1.43. The van der Waals surface area contributed by atoms with E-state index in [-0.39, 0.29) is 12.4 Å². The zero-order valence-electron chi connectivity index (χ0n) is 9.19. The topological polar surface area (TPSA) is 72.3 Å². The second-order valence-electron chi connectivity index (χ2n) is 3.50. The van der Waals surface area contributed by atoms with E-state index in [9.17, 15) is 9.18 Å². The van der Waals surface area contributed by atoms with Crippen LogP contribution in [0.25, 0.3) is 0 Å². The number of hydrogen-bond donors (Lipinski definition) is 2. The zero-order chi connectivity index (χ0) is 12.1. The molecule has 1 atom stereocenters. The lowest BCUT2D eigenvalue weighted by Gasteiger charge is -2.25. The lowest BCUT2D eigenvalue weighted by atomic mass is 10.2. The molecule has 0 saturated carbocycles. The molecule has 0 aliphatic heterocycles. The van der Waals surface area contributed by atoms with Gasteiger partial charge in [-0.1, -0.05) is 12.1 Å². The Bertz CT molecular complexity index is 370. The van der Waals surface area contributed by atoms with E-state index in [1.54, 1.807) is 23.1 Å². The van der Waals surface area contributed by atoms with Crippen LogP contribution in [0.15, 0.2) is 24.3 Å². The highest BCUT2D eigenvalue weighted by molar-refractivity contribution is 5.80. The quantitative estimate of drug-likeness (QED) is 0.765. The van der Waals surface area contributed by atoms with Crippen molar-refractivity contribution in [1.29, 1.82) is 0 Å². The molecular formula is C11H16FN3O. The first-order chi connectivity index (χ1) is 7.56. The minimum absolute atomic E-state index is 0.215. The van der Waals surface area contributed by atoms with E-state index in [4.69, 9.17) is 11.5 Å². The number of halogens is 1. The number of primary amides is 1. The number of carbonyl (C=O) groups excluding carboxylic acids is 1. The number of hydrogen-bond acceptors (Lipinski definition) is 3.